The largest absolute Gasteiger partial charge is 0.456 e. The Morgan fingerprint density at radius 3 is 3.08 bits per heavy atom. The molecule has 0 bridgehead atoms. The first-order valence-corrected chi connectivity index (χ1v) is 8.38. The number of nitrogens with one attached hydrogen (secondary N) is 2. The van der Waals surface area contributed by atoms with Gasteiger partial charge in [-0.1, -0.05) is 6.07 Å². The summed E-state index contributed by atoms with van der Waals surface area (Å²) in [7, 11) is 1.62. The molecule has 0 saturated carbocycles. The van der Waals surface area contributed by atoms with Crippen LogP contribution in [-0.4, -0.2) is 36.5 Å². The number of aromatic amines is 1. The van der Waals surface area contributed by atoms with Crippen LogP contribution in [0.2, 0.25) is 0 Å². The highest BCUT2D eigenvalue weighted by molar-refractivity contribution is 5.95. The fourth-order valence-corrected chi connectivity index (χ4v) is 3.59. The van der Waals surface area contributed by atoms with Crippen molar-refractivity contribution in [3.63, 3.8) is 0 Å². The number of hydrogen-bond acceptors (Lipinski definition) is 6. The molecule has 0 aliphatic carbocycles. The van der Waals surface area contributed by atoms with Gasteiger partial charge in [0, 0.05) is 24.6 Å². The highest BCUT2D eigenvalue weighted by atomic mass is 16.5. The van der Waals surface area contributed by atoms with E-state index >= 15 is 0 Å². The van der Waals surface area contributed by atoms with Crippen molar-refractivity contribution in [1.82, 2.24) is 15.5 Å². The molecule has 132 valence electrons. The van der Waals surface area contributed by atoms with E-state index in [9.17, 15) is 10.1 Å². The van der Waals surface area contributed by atoms with Gasteiger partial charge in [0.15, 0.2) is 0 Å². The van der Waals surface area contributed by atoms with Crippen LogP contribution in [0.5, 0.6) is 0 Å². The van der Waals surface area contributed by atoms with Gasteiger partial charge in [-0.15, -0.1) is 0 Å². The molecule has 0 fully saturated rings. The van der Waals surface area contributed by atoms with Crippen LogP contribution in [0, 0.1) is 18.3 Å². The van der Waals surface area contributed by atoms with E-state index in [-0.39, 0.29) is 12.6 Å². The zero-order chi connectivity index (χ0) is 18.3. The molecule has 0 spiro atoms. The number of nitrogens with zero attached hydrogens (tertiary/aromatic N) is 2. The maximum Gasteiger partial charge on any atom is 0.337 e. The molecule has 4 rings (SSSR count). The number of ether oxygens (including phenoxy) is 2. The maximum atomic E-state index is 12.4. The van der Waals surface area contributed by atoms with Crippen molar-refractivity contribution in [1.29, 1.82) is 5.26 Å². The van der Waals surface area contributed by atoms with E-state index in [2.05, 4.69) is 21.6 Å². The van der Waals surface area contributed by atoms with Crippen LogP contribution in [0.1, 0.15) is 23.6 Å². The predicted octanol–water partition coefficient (Wildman–Crippen LogP) is 2.18. The quantitative estimate of drug-likeness (QED) is 0.820. The van der Waals surface area contributed by atoms with Crippen molar-refractivity contribution in [3.05, 3.63) is 52.0 Å². The number of rotatable bonds is 4. The van der Waals surface area contributed by atoms with Crippen molar-refractivity contribution >= 4 is 16.9 Å². The number of methoxy groups -OCH3 is 1. The minimum Gasteiger partial charge on any atom is -0.456 e. The summed E-state index contributed by atoms with van der Waals surface area (Å²) in [4.78, 5) is 12.4. The van der Waals surface area contributed by atoms with Gasteiger partial charge in [0.05, 0.1) is 46.6 Å². The molecule has 2 N–H and O–H groups in total. The van der Waals surface area contributed by atoms with Gasteiger partial charge >= 0.3 is 5.97 Å². The molecular formula is C19H18N4O3. The van der Waals surface area contributed by atoms with E-state index in [4.69, 9.17) is 9.47 Å². The number of carbonyl (C=O) groups is 1. The van der Waals surface area contributed by atoms with Gasteiger partial charge in [-0.3, -0.25) is 5.10 Å². The first kappa shape index (κ1) is 16.4. The summed E-state index contributed by atoms with van der Waals surface area (Å²) in [5, 5.41) is 21.2. The minimum atomic E-state index is -0.447. The van der Waals surface area contributed by atoms with E-state index in [1.165, 1.54) is 0 Å². The zero-order valence-electron chi connectivity index (χ0n) is 14.5. The summed E-state index contributed by atoms with van der Waals surface area (Å²) < 4.78 is 10.4. The van der Waals surface area contributed by atoms with Crippen molar-refractivity contribution in [2.75, 3.05) is 20.3 Å². The van der Waals surface area contributed by atoms with Gasteiger partial charge in [0.25, 0.3) is 0 Å². The van der Waals surface area contributed by atoms with E-state index in [1.807, 2.05) is 25.1 Å². The third-order valence-corrected chi connectivity index (χ3v) is 4.88. The summed E-state index contributed by atoms with van der Waals surface area (Å²) in [6.07, 6.45) is 0.563. The molecule has 2 aliphatic heterocycles. The van der Waals surface area contributed by atoms with Crippen LogP contribution in [0.15, 0.2) is 40.7 Å². The number of aryl methyl sites for hydroxylation is 1. The lowest BCUT2D eigenvalue weighted by Gasteiger charge is -2.26. The number of esters is 1. The normalized spacial score (nSPS) is 19.4. The number of benzene rings is 1. The molecule has 0 saturated heterocycles. The molecule has 0 amide bonds. The zero-order valence-corrected chi connectivity index (χ0v) is 14.5. The van der Waals surface area contributed by atoms with Gasteiger partial charge in [-0.05, 0) is 24.6 Å². The lowest BCUT2D eigenvalue weighted by molar-refractivity contribution is -0.136. The van der Waals surface area contributed by atoms with Crippen molar-refractivity contribution in [2.24, 2.45) is 0 Å². The van der Waals surface area contributed by atoms with E-state index in [0.29, 0.717) is 24.2 Å². The third-order valence-electron chi connectivity index (χ3n) is 4.88. The second kappa shape index (κ2) is 6.32. The van der Waals surface area contributed by atoms with Crippen molar-refractivity contribution in [3.8, 4) is 6.07 Å². The van der Waals surface area contributed by atoms with E-state index < -0.39 is 5.92 Å². The molecule has 1 atom stereocenters. The number of carbonyl (C=O) groups excluding carboxylic acids is 1. The summed E-state index contributed by atoms with van der Waals surface area (Å²) >= 11 is 0. The monoisotopic (exact) mass is 350 g/mol. The Morgan fingerprint density at radius 2 is 2.31 bits per heavy atom. The standard InChI is InChI=1S/C19H18N4O3/c1-10-12-7-11(3-4-15(12)23-22-10)17-13(8-20)14(5-6-25-2)21-16-9-26-19(24)18(16)17/h3-4,7,17,21H,5-6,9H2,1-2H3,(H,22,23). The lowest BCUT2D eigenvalue weighted by Crippen LogP contribution is -2.27. The Kier molecular flexibility index (Phi) is 3.98. The van der Waals surface area contributed by atoms with Crippen LogP contribution in [0.3, 0.4) is 0 Å². The summed E-state index contributed by atoms with van der Waals surface area (Å²) in [5.74, 6) is -0.822. The molecular weight excluding hydrogens is 332 g/mol. The second-order valence-electron chi connectivity index (χ2n) is 6.39. The van der Waals surface area contributed by atoms with Gasteiger partial charge in [-0.25, -0.2) is 4.79 Å². The molecule has 1 aromatic heterocycles. The molecule has 7 nitrogen and oxygen atoms in total. The Labute approximate surface area is 150 Å². The number of nitriles is 1. The number of fused-ring (bicyclic) bond motifs is 1. The Bertz CT molecular complexity index is 1010. The number of hydrogen-bond donors (Lipinski definition) is 2. The van der Waals surface area contributed by atoms with Gasteiger partial charge in [-0.2, -0.15) is 10.4 Å². The predicted molar refractivity (Wildman–Crippen MR) is 93.8 cm³/mol. The molecule has 2 aromatic rings. The molecule has 26 heavy (non-hydrogen) atoms. The van der Waals surface area contributed by atoms with Crippen molar-refractivity contribution < 1.29 is 14.3 Å². The smallest absolute Gasteiger partial charge is 0.337 e. The lowest BCUT2D eigenvalue weighted by atomic mass is 9.80. The van der Waals surface area contributed by atoms with Crippen LogP contribution in [0.4, 0.5) is 0 Å². The Balaban J connectivity index is 1.88. The van der Waals surface area contributed by atoms with Crippen molar-refractivity contribution in [2.45, 2.75) is 19.3 Å². The number of dihydropyridines is 1. The third kappa shape index (κ3) is 2.47. The fraction of sp³-hybridized carbons (Fsp3) is 0.316. The number of aromatic nitrogens is 2. The fourth-order valence-electron chi connectivity index (χ4n) is 3.59. The molecule has 7 heteroatoms. The van der Waals surface area contributed by atoms with Crippen LogP contribution >= 0.6 is 0 Å². The number of allylic oxidation sites excluding steroid dienone is 1. The van der Waals surface area contributed by atoms with Crippen LogP contribution in [0.25, 0.3) is 10.9 Å². The average molecular weight is 350 g/mol. The highest BCUT2D eigenvalue weighted by Crippen LogP contribution is 2.41. The minimum absolute atomic E-state index is 0.201. The molecule has 1 aromatic carbocycles. The summed E-state index contributed by atoms with van der Waals surface area (Å²) in [5.41, 5.74) is 5.23. The SMILES string of the molecule is COCCC1=C(C#N)C(c2ccc3[nH]nc(C)c3c2)C2=C(COC2=O)N1. The van der Waals surface area contributed by atoms with Gasteiger partial charge < -0.3 is 14.8 Å². The van der Waals surface area contributed by atoms with Crippen LogP contribution < -0.4 is 5.32 Å². The first-order valence-electron chi connectivity index (χ1n) is 8.38. The van der Waals surface area contributed by atoms with E-state index in [1.54, 1.807) is 7.11 Å². The van der Waals surface area contributed by atoms with E-state index in [0.717, 1.165) is 33.6 Å². The first-order chi connectivity index (χ1) is 12.6. The average Bonchev–Trinajstić information content (AvgIpc) is 3.21. The highest BCUT2D eigenvalue weighted by Gasteiger charge is 2.39. The summed E-state index contributed by atoms with van der Waals surface area (Å²) in [6, 6.07) is 8.14. The Morgan fingerprint density at radius 1 is 1.46 bits per heavy atom. The topological polar surface area (TPSA) is 100 Å². The van der Waals surface area contributed by atoms with Gasteiger partial charge in [0.2, 0.25) is 0 Å². The van der Waals surface area contributed by atoms with Gasteiger partial charge in [0.1, 0.15) is 6.61 Å². The van der Waals surface area contributed by atoms with Crippen LogP contribution in [-0.2, 0) is 14.3 Å². The molecule has 3 heterocycles. The molecule has 1 unspecified atom stereocenters. The molecule has 2 aliphatic rings. The molecule has 0 radical (unpaired) electrons. The summed E-state index contributed by atoms with van der Waals surface area (Å²) in [6.45, 7) is 2.61. The second-order valence-corrected chi connectivity index (χ2v) is 6.39. The number of H-pyrrole nitrogens is 1. The Hall–Kier alpha value is -3.11. The maximum absolute atomic E-state index is 12.4. The number of cyclic esters (lactones) is 1.